The van der Waals surface area contributed by atoms with Gasteiger partial charge in [0.15, 0.2) is 12.2 Å². The lowest BCUT2D eigenvalue weighted by Crippen LogP contribution is -1.94. The first-order valence-electron chi connectivity index (χ1n) is 4.71. The second kappa shape index (κ2) is 4.71. The molecule has 0 aliphatic rings. The van der Waals surface area contributed by atoms with Gasteiger partial charge in [0.1, 0.15) is 11.5 Å². The van der Waals surface area contributed by atoms with Crippen LogP contribution >= 0.6 is 0 Å². The van der Waals surface area contributed by atoms with Crippen molar-refractivity contribution in [2.45, 2.75) is 12.2 Å². The van der Waals surface area contributed by atoms with Crippen molar-refractivity contribution < 1.29 is 19.0 Å². The average molecular weight is 218 g/mol. The van der Waals surface area contributed by atoms with Gasteiger partial charge in [-0.3, -0.25) is 0 Å². The summed E-state index contributed by atoms with van der Waals surface area (Å²) < 4.78 is 9.92. The Balaban J connectivity index is 2.05. The molecule has 0 fully saturated rings. The minimum atomic E-state index is -1.04. The van der Waals surface area contributed by atoms with Crippen LogP contribution in [0.5, 0.6) is 0 Å². The first-order chi connectivity index (χ1) is 7.77. The zero-order valence-corrected chi connectivity index (χ0v) is 8.33. The molecule has 0 radical (unpaired) electrons. The molecule has 2 heterocycles. The fourth-order valence-corrected chi connectivity index (χ4v) is 1.19. The summed E-state index contributed by atoms with van der Waals surface area (Å²) in [4.78, 5) is 0. The molecule has 4 nitrogen and oxygen atoms in total. The van der Waals surface area contributed by atoms with Crippen molar-refractivity contribution in [2.75, 3.05) is 0 Å². The number of hydrogen-bond acceptors (Lipinski definition) is 4. The van der Waals surface area contributed by atoms with E-state index in [1.54, 1.807) is 24.3 Å². The minimum absolute atomic E-state index is 0.346. The lowest BCUT2D eigenvalue weighted by atomic mass is 10.2. The van der Waals surface area contributed by atoms with Gasteiger partial charge >= 0.3 is 0 Å². The van der Waals surface area contributed by atoms with Crippen LogP contribution in [-0.4, -0.2) is 10.2 Å². The van der Waals surface area contributed by atoms with E-state index in [4.69, 9.17) is 8.83 Å². The summed E-state index contributed by atoms with van der Waals surface area (Å²) in [7, 11) is 0. The fourth-order valence-electron chi connectivity index (χ4n) is 1.19. The van der Waals surface area contributed by atoms with E-state index >= 15 is 0 Å². The van der Waals surface area contributed by atoms with E-state index in [-0.39, 0.29) is 0 Å². The molecular formula is C12H10O4. The second-order valence-electron chi connectivity index (χ2n) is 3.12. The summed E-state index contributed by atoms with van der Waals surface area (Å²) >= 11 is 0. The molecule has 4 heteroatoms. The van der Waals surface area contributed by atoms with E-state index in [0.29, 0.717) is 11.5 Å². The summed E-state index contributed by atoms with van der Waals surface area (Å²) in [5, 5.41) is 19.1. The molecule has 82 valence electrons. The highest BCUT2D eigenvalue weighted by Crippen LogP contribution is 2.14. The highest BCUT2D eigenvalue weighted by Gasteiger charge is 2.09. The Bertz CT molecular complexity index is 429. The van der Waals surface area contributed by atoms with Crippen LogP contribution in [0.4, 0.5) is 0 Å². The van der Waals surface area contributed by atoms with Crippen LogP contribution in [-0.2, 0) is 0 Å². The maximum absolute atomic E-state index is 9.55. The zero-order valence-electron chi connectivity index (χ0n) is 8.33. The molecule has 2 aromatic heterocycles. The van der Waals surface area contributed by atoms with Gasteiger partial charge in [-0.2, -0.15) is 0 Å². The molecule has 0 bridgehead atoms. The first kappa shape index (κ1) is 10.6. The summed E-state index contributed by atoms with van der Waals surface area (Å²) in [6.07, 6.45) is 0.811. The molecule has 2 rings (SSSR count). The van der Waals surface area contributed by atoms with E-state index in [9.17, 15) is 10.2 Å². The van der Waals surface area contributed by atoms with Crippen molar-refractivity contribution in [3.63, 3.8) is 0 Å². The highest BCUT2D eigenvalue weighted by molar-refractivity contribution is 5.21. The predicted octanol–water partition coefficient (Wildman–Crippen LogP) is 1.64. The Morgan fingerprint density at radius 1 is 0.875 bits per heavy atom. The monoisotopic (exact) mass is 218 g/mol. The smallest absolute Gasteiger partial charge is 0.172 e. The summed E-state index contributed by atoms with van der Waals surface area (Å²) in [6.45, 7) is 0. The Morgan fingerprint density at radius 2 is 1.31 bits per heavy atom. The standard InChI is InChI=1S/C12H10O4/c13-9(11-3-1-7-15-11)5-6-10(14)12-4-2-8-16-12/h1-4,7-10,13-14H/t9-,10+. The quantitative estimate of drug-likeness (QED) is 0.752. The van der Waals surface area contributed by atoms with E-state index < -0.39 is 12.2 Å². The van der Waals surface area contributed by atoms with E-state index in [1.165, 1.54) is 12.5 Å². The lowest BCUT2D eigenvalue weighted by molar-refractivity contribution is 0.196. The molecule has 0 saturated carbocycles. The molecular weight excluding hydrogens is 208 g/mol. The molecule has 0 unspecified atom stereocenters. The molecule has 0 aliphatic heterocycles. The molecule has 0 aliphatic carbocycles. The predicted molar refractivity (Wildman–Crippen MR) is 55.1 cm³/mol. The average Bonchev–Trinajstić information content (AvgIpc) is 2.95. The Morgan fingerprint density at radius 3 is 1.62 bits per heavy atom. The highest BCUT2D eigenvalue weighted by atomic mass is 16.4. The van der Waals surface area contributed by atoms with Crippen molar-refractivity contribution in [2.24, 2.45) is 0 Å². The van der Waals surface area contributed by atoms with E-state index in [2.05, 4.69) is 11.8 Å². The largest absolute Gasteiger partial charge is 0.466 e. The first-order valence-corrected chi connectivity index (χ1v) is 4.71. The van der Waals surface area contributed by atoms with Gasteiger partial charge in [0.05, 0.1) is 12.5 Å². The second-order valence-corrected chi connectivity index (χ2v) is 3.12. The van der Waals surface area contributed by atoms with Gasteiger partial charge in [-0.05, 0) is 24.3 Å². The van der Waals surface area contributed by atoms with Crippen LogP contribution in [0.1, 0.15) is 23.7 Å². The number of hydrogen-bond donors (Lipinski definition) is 2. The Labute approximate surface area is 92.1 Å². The Hall–Kier alpha value is -1.96. The molecule has 0 saturated heterocycles. The SMILES string of the molecule is O[C@H](C#C[C@H](O)c1ccco1)c1ccco1. The molecule has 0 spiro atoms. The third kappa shape index (κ3) is 2.34. The van der Waals surface area contributed by atoms with Crippen molar-refractivity contribution in [3.8, 4) is 11.8 Å². The molecule has 2 atom stereocenters. The van der Waals surface area contributed by atoms with Crippen LogP contribution < -0.4 is 0 Å². The summed E-state index contributed by atoms with van der Waals surface area (Å²) in [5.41, 5.74) is 0. The molecule has 0 amide bonds. The van der Waals surface area contributed by atoms with Crippen LogP contribution in [0.15, 0.2) is 45.6 Å². The third-order valence-corrected chi connectivity index (χ3v) is 1.98. The van der Waals surface area contributed by atoms with Crippen molar-refractivity contribution in [3.05, 3.63) is 48.3 Å². The lowest BCUT2D eigenvalue weighted by Gasteiger charge is -1.99. The number of aliphatic hydroxyl groups excluding tert-OH is 2. The van der Waals surface area contributed by atoms with Crippen molar-refractivity contribution in [1.29, 1.82) is 0 Å². The van der Waals surface area contributed by atoms with Crippen molar-refractivity contribution >= 4 is 0 Å². The van der Waals surface area contributed by atoms with Gasteiger partial charge in [0.2, 0.25) is 0 Å². The van der Waals surface area contributed by atoms with E-state index in [0.717, 1.165) is 0 Å². The Kier molecular flexibility index (Phi) is 3.10. The molecule has 0 aromatic carbocycles. The molecule has 2 aromatic rings. The van der Waals surface area contributed by atoms with E-state index in [1.807, 2.05) is 0 Å². The van der Waals surface area contributed by atoms with Crippen LogP contribution in [0.25, 0.3) is 0 Å². The van der Waals surface area contributed by atoms with Gasteiger partial charge < -0.3 is 19.0 Å². The van der Waals surface area contributed by atoms with Crippen LogP contribution in [0.3, 0.4) is 0 Å². The summed E-state index contributed by atoms with van der Waals surface area (Å²) in [5.74, 6) is 5.64. The van der Waals surface area contributed by atoms with Gasteiger partial charge in [0, 0.05) is 0 Å². The fraction of sp³-hybridized carbons (Fsp3) is 0.167. The van der Waals surface area contributed by atoms with Gasteiger partial charge in [-0.15, -0.1) is 0 Å². The minimum Gasteiger partial charge on any atom is -0.466 e. The third-order valence-electron chi connectivity index (χ3n) is 1.98. The number of aliphatic hydroxyl groups is 2. The molecule has 2 N–H and O–H groups in total. The maximum Gasteiger partial charge on any atom is 0.172 e. The van der Waals surface area contributed by atoms with Gasteiger partial charge in [-0.1, -0.05) is 11.8 Å². The van der Waals surface area contributed by atoms with Crippen LogP contribution in [0.2, 0.25) is 0 Å². The van der Waals surface area contributed by atoms with Crippen LogP contribution in [0, 0.1) is 11.8 Å². The normalized spacial score (nSPS) is 13.9. The summed E-state index contributed by atoms with van der Waals surface area (Å²) in [6, 6.07) is 6.53. The number of furan rings is 2. The van der Waals surface area contributed by atoms with Crippen molar-refractivity contribution in [1.82, 2.24) is 0 Å². The van der Waals surface area contributed by atoms with Gasteiger partial charge in [0.25, 0.3) is 0 Å². The number of rotatable bonds is 2. The van der Waals surface area contributed by atoms with Gasteiger partial charge in [-0.25, -0.2) is 0 Å². The topological polar surface area (TPSA) is 66.7 Å². The maximum atomic E-state index is 9.55. The zero-order chi connectivity index (χ0) is 11.4. The molecule has 16 heavy (non-hydrogen) atoms.